The third kappa shape index (κ3) is 1.55. The summed E-state index contributed by atoms with van der Waals surface area (Å²) in [4.78, 5) is 12.3. The zero-order chi connectivity index (χ0) is 12.1. The molecule has 1 aromatic carbocycles. The van der Waals surface area contributed by atoms with Gasteiger partial charge in [0, 0.05) is 16.0 Å². The maximum Gasteiger partial charge on any atom is 0.167 e. The predicted octanol–water partition coefficient (Wildman–Crippen LogP) is 4.31. The van der Waals surface area contributed by atoms with Crippen molar-refractivity contribution in [3.63, 3.8) is 0 Å². The lowest BCUT2D eigenvalue weighted by molar-refractivity contribution is 0.0945. The summed E-state index contributed by atoms with van der Waals surface area (Å²) in [5, 5.41) is 0. The van der Waals surface area contributed by atoms with E-state index in [0.29, 0.717) is 0 Å². The number of carbonyl (C=O) groups is 1. The van der Waals surface area contributed by atoms with Gasteiger partial charge in [0.1, 0.15) is 0 Å². The second-order valence-corrected chi connectivity index (χ2v) is 6.66. The van der Waals surface area contributed by atoms with E-state index in [1.54, 1.807) is 0 Å². The smallest absolute Gasteiger partial charge is 0.167 e. The third-order valence-corrected chi connectivity index (χ3v) is 4.94. The first kappa shape index (κ1) is 11.8. The SMILES string of the molecule is CC1(C)C(C(=O)c2ccc(Br)cc2)C1(C)C. The third-order valence-electron chi connectivity index (χ3n) is 4.41. The van der Waals surface area contributed by atoms with Crippen LogP contribution in [-0.2, 0) is 0 Å². The standard InChI is InChI=1S/C14H17BrO/c1-13(2)12(14(13,3)4)11(16)9-5-7-10(15)8-6-9/h5-8,12H,1-4H3. The lowest BCUT2D eigenvalue weighted by Gasteiger charge is -2.03. The maximum atomic E-state index is 12.3. The van der Waals surface area contributed by atoms with E-state index >= 15 is 0 Å². The van der Waals surface area contributed by atoms with Crippen LogP contribution in [0.25, 0.3) is 0 Å². The minimum Gasteiger partial charge on any atom is -0.294 e. The van der Waals surface area contributed by atoms with E-state index in [0.717, 1.165) is 10.0 Å². The van der Waals surface area contributed by atoms with E-state index in [1.165, 1.54) is 0 Å². The molecule has 1 aliphatic rings. The number of hydrogen-bond donors (Lipinski definition) is 0. The van der Waals surface area contributed by atoms with E-state index in [9.17, 15) is 4.79 Å². The van der Waals surface area contributed by atoms with E-state index in [1.807, 2.05) is 24.3 Å². The highest BCUT2D eigenvalue weighted by Crippen LogP contribution is 2.69. The molecule has 1 nitrogen and oxygen atoms in total. The molecule has 2 rings (SSSR count). The van der Waals surface area contributed by atoms with Crippen LogP contribution in [0.4, 0.5) is 0 Å². The maximum absolute atomic E-state index is 12.3. The molecule has 2 heteroatoms. The molecule has 0 heterocycles. The Balaban J connectivity index is 2.26. The molecule has 86 valence electrons. The summed E-state index contributed by atoms with van der Waals surface area (Å²) in [7, 11) is 0. The Hall–Kier alpha value is -0.630. The van der Waals surface area contributed by atoms with Crippen LogP contribution in [0.3, 0.4) is 0 Å². The molecule has 0 radical (unpaired) electrons. The molecular formula is C14H17BrO. The first-order chi connectivity index (χ1) is 7.28. The Bertz CT molecular complexity index is 415. The van der Waals surface area contributed by atoms with Gasteiger partial charge in [-0.2, -0.15) is 0 Å². The molecule has 1 aromatic rings. The fourth-order valence-electron chi connectivity index (χ4n) is 2.63. The molecule has 0 bridgehead atoms. The second-order valence-electron chi connectivity index (χ2n) is 5.75. The monoisotopic (exact) mass is 280 g/mol. The molecule has 0 saturated heterocycles. The van der Waals surface area contributed by atoms with E-state index in [4.69, 9.17) is 0 Å². The van der Waals surface area contributed by atoms with Gasteiger partial charge in [-0.1, -0.05) is 55.8 Å². The minimum atomic E-state index is 0.122. The number of benzene rings is 1. The van der Waals surface area contributed by atoms with Crippen LogP contribution in [0.2, 0.25) is 0 Å². The highest BCUT2D eigenvalue weighted by molar-refractivity contribution is 9.10. The van der Waals surface area contributed by atoms with Gasteiger partial charge in [-0.3, -0.25) is 4.79 Å². The van der Waals surface area contributed by atoms with Gasteiger partial charge in [-0.05, 0) is 23.0 Å². The summed E-state index contributed by atoms with van der Waals surface area (Å²) in [5.74, 6) is 0.434. The molecular weight excluding hydrogens is 264 g/mol. The van der Waals surface area contributed by atoms with Crippen molar-refractivity contribution in [2.45, 2.75) is 27.7 Å². The van der Waals surface area contributed by atoms with E-state index < -0.39 is 0 Å². The summed E-state index contributed by atoms with van der Waals surface area (Å²) >= 11 is 3.38. The van der Waals surface area contributed by atoms with Crippen LogP contribution >= 0.6 is 15.9 Å². The fourth-order valence-corrected chi connectivity index (χ4v) is 2.90. The van der Waals surface area contributed by atoms with Gasteiger partial charge in [-0.25, -0.2) is 0 Å². The second kappa shape index (κ2) is 3.43. The van der Waals surface area contributed by atoms with Gasteiger partial charge in [0.05, 0.1) is 0 Å². The van der Waals surface area contributed by atoms with Crippen LogP contribution in [-0.4, -0.2) is 5.78 Å². The Labute approximate surface area is 105 Å². The van der Waals surface area contributed by atoms with Gasteiger partial charge in [0.15, 0.2) is 5.78 Å². The lowest BCUT2D eigenvalue weighted by Crippen LogP contribution is -2.07. The normalized spacial score (nSPS) is 21.8. The summed E-state index contributed by atoms with van der Waals surface area (Å²) in [6.45, 7) is 8.70. The van der Waals surface area contributed by atoms with Crippen molar-refractivity contribution in [3.05, 3.63) is 34.3 Å². The predicted molar refractivity (Wildman–Crippen MR) is 69.5 cm³/mol. The quantitative estimate of drug-likeness (QED) is 0.738. The molecule has 1 fully saturated rings. The largest absolute Gasteiger partial charge is 0.294 e. The number of Topliss-reactive ketones (excluding diaryl/α,β-unsaturated/α-hetero) is 1. The van der Waals surface area contributed by atoms with E-state index in [2.05, 4.69) is 43.6 Å². The highest BCUT2D eigenvalue weighted by atomic mass is 79.9. The van der Waals surface area contributed by atoms with Gasteiger partial charge >= 0.3 is 0 Å². The average molecular weight is 281 g/mol. The van der Waals surface area contributed by atoms with Crippen LogP contribution in [0.1, 0.15) is 38.1 Å². The van der Waals surface area contributed by atoms with Gasteiger partial charge in [0.2, 0.25) is 0 Å². The summed E-state index contributed by atoms with van der Waals surface area (Å²) in [5.41, 5.74) is 1.07. The Morgan fingerprint density at radius 3 is 1.88 bits per heavy atom. The van der Waals surface area contributed by atoms with Crippen LogP contribution < -0.4 is 0 Å². The zero-order valence-electron chi connectivity index (χ0n) is 10.2. The lowest BCUT2D eigenvalue weighted by atomic mass is 10.0. The molecule has 0 unspecified atom stereocenters. The number of hydrogen-bond acceptors (Lipinski definition) is 1. The first-order valence-corrected chi connectivity index (χ1v) is 6.37. The Kier molecular flexibility index (Phi) is 2.54. The van der Waals surface area contributed by atoms with Crippen LogP contribution in [0.5, 0.6) is 0 Å². The number of rotatable bonds is 2. The number of halogens is 1. The molecule has 0 aliphatic heterocycles. The minimum absolute atomic E-state index is 0.122. The Morgan fingerprint density at radius 2 is 1.50 bits per heavy atom. The van der Waals surface area contributed by atoms with E-state index in [-0.39, 0.29) is 22.5 Å². The van der Waals surface area contributed by atoms with Gasteiger partial charge < -0.3 is 0 Å². The van der Waals surface area contributed by atoms with Gasteiger partial charge in [0.25, 0.3) is 0 Å². The van der Waals surface area contributed by atoms with Crippen molar-refractivity contribution >= 4 is 21.7 Å². The van der Waals surface area contributed by atoms with Crippen molar-refractivity contribution in [1.82, 2.24) is 0 Å². The molecule has 1 aliphatic carbocycles. The van der Waals surface area contributed by atoms with Crippen molar-refractivity contribution in [2.24, 2.45) is 16.7 Å². The topological polar surface area (TPSA) is 17.1 Å². The van der Waals surface area contributed by atoms with Gasteiger partial charge in [-0.15, -0.1) is 0 Å². The van der Waals surface area contributed by atoms with Crippen molar-refractivity contribution in [1.29, 1.82) is 0 Å². The summed E-state index contributed by atoms with van der Waals surface area (Å²) < 4.78 is 1.01. The number of ketones is 1. The molecule has 16 heavy (non-hydrogen) atoms. The van der Waals surface area contributed by atoms with Crippen LogP contribution in [0, 0.1) is 16.7 Å². The molecule has 0 aromatic heterocycles. The molecule has 0 atom stereocenters. The van der Waals surface area contributed by atoms with Crippen molar-refractivity contribution in [3.8, 4) is 0 Å². The molecule has 1 saturated carbocycles. The molecule has 0 spiro atoms. The Morgan fingerprint density at radius 1 is 1.06 bits per heavy atom. The summed E-state index contributed by atoms with van der Waals surface area (Å²) in [6, 6.07) is 7.65. The summed E-state index contributed by atoms with van der Waals surface area (Å²) in [6.07, 6.45) is 0. The van der Waals surface area contributed by atoms with Crippen molar-refractivity contribution in [2.75, 3.05) is 0 Å². The average Bonchev–Trinajstić information content (AvgIpc) is 2.57. The van der Waals surface area contributed by atoms with Crippen LogP contribution in [0.15, 0.2) is 28.7 Å². The number of carbonyl (C=O) groups excluding carboxylic acids is 1. The first-order valence-electron chi connectivity index (χ1n) is 5.58. The highest BCUT2D eigenvalue weighted by Gasteiger charge is 2.67. The molecule has 0 amide bonds. The molecule has 0 N–H and O–H groups in total. The van der Waals surface area contributed by atoms with Crippen molar-refractivity contribution < 1.29 is 4.79 Å². The fraction of sp³-hybridized carbons (Fsp3) is 0.500. The zero-order valence-corrected chi connectivity index (χ0v) is 11.8.